The van der Waals surface area contributed by atoms with Crippen LogP contribution in [0.25, 0.3) is 0 Å². The first-order valence-corrected chi connectivity index (χ1v) is 11.3. The molecule has 0 aromatic heterocycles. The summed E-state index contributed by atoms with van der Waals surface area (Å²) in [6, 6.07) is 6.83. The largest absolute Gasteiger partial charge is 0.370 e. The quantitative estimate of drug-likeness (QED) is 0.0778. The molecule has 1 fully saturated rings. The molecule has 1 unspecified atom stereocenters. The number of hydrogen-bond donors (Lipinski definition) is 4. The number of guanidine groups is 1. The monoisotopic (exact) mass is 478 g/mol. The zero-order valence-corrected chi connectivity index (χ0v) is 19.1. The molecule has 0 aliphatic carbocycles. The molecule has 1 aromatic rings. The van der Waals surface area contributed by atoms with E-state index in [2.05, 4.69) is 10.3 Å². The molecule has 180 valence electrons. The highest BCUT2D eigenvalue weighted by molar-refractivity contribution is 6.39. The van der Waals surface area contributed by atoms with E-state index in [9.17, 15) is 19.2 Å². The molecular weight excluding hydrogens is 448 g/mol. The number of nitrogens with zero attached hydrogens (tertiary/aromatic N) is 2. The van der Waals surface area contributed by atoms with E-state index in [-0.39, 0.29) is 24.8 Å². The molecular formula is C22H31ClN6O4. The van der Waals surface area contributed by atoms with Gasteiger partial charge in [0, 0.05) is 13.1 Å². The van der Waals surface area contributed by atoms with Crippen LogP contribution >= 0.6 is 11.6 Å². The molecule has 0 radical (unpaired) electrons. The molecule has 33 heavy (non-hydrogen) atoms. The molecule has 1 aliphatic heterocycles. The van der Waals surface area contributed by atoms with E-state index in [0.717, 1.165) is 5.56 Å². The summed E-state index contributed by atoms with van der Waals surface area (Å²) in [6.45, 7) is 0.646. The van der Waals surface area contributed by atoms with Gasteiger partial charge < -0.3 is 32.2 Å². The molecule has 1 aromatic carbocycles. The van der Waals surface area contributed by atoms with E-state index < -0.39 is 35.2 Å². The Labute approximate surface area is 197 Å². The summed E-state index contributed by atoms with van der Waals surface area (Å²) in [5, 5.41) is 1.27. The van der Waals surface area contributed by atoms with Crippen LogP contribution in [0, 0.1) is 0 Å². The fourth-order valence-electron chi connectivity index (χ4n) is 3.79. The number of nitrogens with one attached hydrogen (secondary N) is 1. The maximum atomic E-state index is 13.0. The SMILES string of the molecule is NC(N)=NCCC[C@H](NC(=O)[C@@H]1CCCN1C(=O)[C@H](N)Cc1ccccc1)C(=O)C(Cl)C=O. The Morgan fingerprint density at radius 2 is 1.94 bits per heavy atom. The number of alkyl halides is 1. The number of ketones is 1. The third kappa shape index (κ3) is 7.83. The highest BCUT2D eigenvalue weighted by Gasteiger charge is 2.38. The maximum absolute atomic E-state index is 13.0. The number of benzene rings is 1. The molecule has 11 heteroatoms. The van der Waals surface area contributed by atoms with E-state index in [0.29, 0.717) is 38.5 Å². The van der Waals surface area contributed by atoms with Crippen LogP contribution in [0.3, 0.4) is 0 Å². The molecule has 0 bridgehead atoms. The van der Waals surface area contributed by atoms with Gasteiger partial charge in [-0.1, -0.05) is 30.3 Å². The number of hydrogen-bond acceptors (Lipinski definition) is 6. The van der Waals surface area contributed by atoms with Crippen molar-refractivity contribution in [1.82, 2.24) is 10.2 Å². The predicted octanol–water partition coefficient (Wildman–Crippen LogP) is -0.539. The van der Waals surface area contributed by atoms with Crippen molar-refractivity contribution >= 4 is 41.4 Å². The fourth-order valence-corrected chi connectivity index (χ4v) is 3.94. The summed E-state index contributed by atoms with van der Waals surface area (Å²) >= 11 is 5.80. The summed E-state index contributed by atoms with van der Waals surface area (Å²) in [7, 11) is 0. The minimum absolute atomic E-state index is 0.0861. The normalized spacial score (nSPS) is 18.1. The highest BCUT2D eigenvalue weighted by atomic mass is 35.5. The first kappa shape index (κ1) is 26.3. The van der Waals surface area contributed by atoms with Crippen molar-refractivity contribution in [3.8, 4) is 0 Å². The van der Waals surface area contributed by atoms with Crippen molar-refractivity contribution in [2.45, 2.75) is 55.6 Å². The summed E-state index contributed by atoms with van der Waals surface area (Å²) in [5.41, 5.74) is 17.7. The van der Waals surface area contributed by atoms with Crippen molar-refractivity contribution in [2.24, 2.45) is 22.2 Å². The Morgan fingerprint density at radius 1 is 1.24 bits per heavy atom. The van der Waals surface area contributed by atoms with Gasteiger partial charge in [0.2, 0.25) is 11.8 Å². The fraction of sp³-hybridized carbons (Fsp3) is 0.500. The molecule has 0 spiro atoms. The van der Waals surface area contributed by atoms with Crippen LogP contribution in [-0.2, 0) is 25.6 Å². The average molecular weight is 479 g/mol. The number of aldehydes is 1. The number of rotatable bonds is 12. The number of Topliss-reactive ketones (excluding diaryl/α,β-unsaturated/α-hetero) is 1. The van der Waals surface area contributed by atoms with Gasteiger partial charge in [-0.05, 0) is 37.7 Å². The first-order valence-electron chi connectivity index (χ1n) is 10.8. The van der Waals surface area contributed by atoms with Crippen LogP contribution in [0.1, 0.15) is 31.2 Å². The molecule has 2 amide bonds. The van der Waals surface area contributed by atoms with Gasteiger partial charge in [-0.3, -0.25) is 19.4 Å². The maximum Gasteiger partial charge on any atom is 0.243 e. The number of halogens is 1. The smallest absolute Gasteiger partial charge is 0.243 e. The van der Waals surface area contributed by atoms with Gasteiger partial charge in [-0.15, -0.1) is 11.6 Å². The zero-order valence-electron chi connectivity index (χ0n) is 18.4. The summed E-state index contributed by atoms with van der Waals surface area (Å²) in [4.78, 5) is 54.8. The Balaban J connectivity index is 2.04. The van der Waals surface area contributed by atoms with Crippen molar-refractivity contribution in [3.63, 3.8) is 0 Å². The molecule has 7 N–H and O–H groups in total. The number of carbonyl (C=O) groups is 4. The van der Waals surface area contributed by atoms with Crippen LogP contribution < -0.4 is 22.5 Å². The van der Waals surface area contributed by atoms with Crippen molar-refractivity contribution < 1.29 is 19.2 Å². The Hall–Kier alpha value is -2.98. The van der Waals surface area contributed by atoms with Crippen molar-refractivity contribution in [2.75, 3.05) is 13.1 Å². The predicted molar refractivity (Wildman–Crippen MR) is 125 cm³/mol. The number of nitrogens with two attached hydrogens (primary N) is 3. The molecule has 10 nitrogen and oxygen atoms in total. The molecule has 1 aliphatic rings. The summed E-state index contributed by atoms with van der Waals surface area (Å²) in [5.74, 6) is -1.52. The standard InChI is InChI=1S/C22H31ClN6O4/c23-15(13-30)19(31)17(8-4-10-27-22(25)26)28-20(32)18-9-5-11-29(18)21(33)16(24)12-14-6-2-1-3-7-14/h1-3,6-7,13,15-18H,4-5,8-12,24H2,(H,28,32)(H4,25,26,27)/t15?,16-,17+,18+/m1/s1. The Morgan fingerprint density at radius 3 is 2.58 bits per heavy atom. The van der Waals surface area contributed by atoms with Gasteiger partial charge in [0.25, 0.3) is 0 Å². The minimum atomic E-state index is -1.39. The van der Waals surface area contributed by atoms with Crippen LogP contribution in [0.15, 0.2) is 35.3 Å². The van der Waals surface area contributed by atoms with Gasteiger partial charge in [-0.2, -0.15) is 0 Å². The summed E-state index contributed by atoms with van der Waals surface area (Å²) in [6.07, 6.45) is 2.32. The third-order valence-corrected chi connectivity index (χ3v) is 5.77. The average Bonchev–Trinajstić information content (AvgIpc) is 3.30. The second kappa shape index (κ2) is 12.9. The van der Waals surface area contributed by atoms with E-state index >= 15 is 0 Å². The summed E-state index contributed by atoms with van der Waals surface area (Å²) < 4.78 is 0. The highest BCUT2D eigenvalue weighted by Crippen LogP contribution is 2.20. The molecule has 1 saturated heterocycles. The molecule has 2 rings (SSSR count). The number of carbonyl (C=O) groups excluding carboxylic acids is 4. The van der Waals surface area contributed by atoms with Gasteiger partial charge in [0.05, 0.1) is 12.1 Å². The van der Waals surface area contributed by atoms with Gasteiger partial charge >= 0.3 is 0 Å². The van der Waals surface area contributed by atoms with Crippen LogP contribution in [0.2, 0.25) is 0 Å². The van der Waals surface area contributed by atoms with Gasteiger partial charge in [0.1, 0.15) is 17.7 Å². The molecule has 4 atom stereocenters. The van der Waals surface area contributed by atoms with Gasteiger partial charge in [-0.25, -0.2) is 0 Å². The number of aliphatic imine (C=N–C) groups is 1. The topological polar surface area (TPSA) is 174 Å². The lowest BCUT2D eigenvalue weighted by atomic mass is 10.0. The third-order valence-electron chi connectivity index (χ3n) is 5.45. The van der Waals surface area contributed by atoms with E-state index in [1.54, 1.807) is 0 Å². The minimum Gasteiger partial charge on any atom is -0.370 e. The van der Waals surface area contributed by atoms with Crippen molar-refractivity contribution in [1.29, 1.82) is 0 Å². The van der Waals surface area contributed by atoms with E-state index in [1.807, 2.05) is 30.3 Å². The lowest BCUT2D eigenvalue weighted by molar-refractivity contribution is -0.140. The van der Waals surface area contributed by atoms with Crippen LogP contribution in [0.5, 0.6) is 0 Å². The zero-order chi connectivity index (χ0) is 24.4. The van der Waals surface area contributed by atoms with Crippen molar-refractivity contribution in [3.05, 3.63) is 35.9 Å². The molecule has 0 saturated carbocycles. The second-order valence-electron chi connectivity index (χ2n) is 7.94. The second-order valence-corrected chi connectivity index (χ2v) is 8.41. The van der Waals surface area contributed by atoms with Crippen LogP contribution in [-0.4, -0.2) is 71.3 Å². The number of likely N-dealkylation sites (tertiary alicyclic amines) is 1. The van der Waals surface area contributed by atoms with E-state index in [1.165, 1.54) is 4.90 Å². The first-order chi connectivity index (χ1) is 15.7. The van der Waals surface area contributed by atoms with Crippen LogP contribution in [0.4, 0.5) is 0 Å². The van der Waals surface area contributed by atoms with Gasteiger partial charge in [0.15, 0.2) is 11.7 Å². The number of amides is 2. The van der Waals surface area contributed by atoms with E-state index in [4.69, 9.17) is 28.8 Å². The Bertz CT molecular complexity index is 862. The Kier molecular flexibility index (Phi) is 10.3. The lowest BCUT2D eigenvalue weighted by Crippen LogP contribution is -2.55. The molecule has 1 heterocycles. The lowest BCUT2D eigenvalue weighted by Gasteiger charge is -2.28.